The third-order valence-electron chi connectivity index (χ3n) is 3.52. The molecule has 0 bridgehead atoms. The van der Waals surface area contributed by atoms with Gasteiger partial charge in [-0.2, -0.15) is 0 Å². The van der Waals surface area contributed by atoms with Gasteiger partial charge in [-0.1, -0.05) is 5.16 Å². The molecule has 0 saturated heterocycles. The maximum atomic E-state index is 5.22. The molecule has 0 radical (unpaired) electrons. The Labute approximate surface area is 101 Å². The Kier molecular flexibility index (Phi) is 2.52. The normalized spacial score (nSPS) is 14.9. The zero-order valence-electron chi connectivity index (χ0n) is 10.3. The lowest BCUT2D eigenvalue weighted by atomic mass is 10.1. The van der Waals surface area contributed by atoms with Crippen molar-refractivity contribution < 1.29 is 4.52 Å². The second kappa shape index (κ2) is 4.04. The van der Waals surface area contributed by atoms with Crippen LogP contribution in [0.15, 0.2) is 16.7 Å². The summed E-state index contributed by atoms with van der Waals surface area (Å²) in [7, 11) is 0. The van der Waals surface area contributed by atoms with Crippen LogP contribution in [-0.4, -0.2) is 16.3 Å². The molecule has 3 rings (SSSR count). The van der Waals surface area contributed by atoms with Gasteiger partial charge in [0.1, 0.15) is 5.76 Å². The summed E-state index contributed by atoms with van der Waals surface area (Å²) in [6, 6.07) is 4.42. The molecule has 0 unspecified atom stereocenters. The molecule has 4 nitrogen and oxygen atoms in total. The summed E-state index contributed by atoms with van der Waals surface area (Å²) >= 11 is 0. The van der Waals surface area contributed by atoms with Crippen LogP contribution < -0.4 is 5.32 Å². The van der Waals surface area contributed by atoms with Gasteiger partial charge in [0, 0.05) is 43.0 Å². The number of nitrogens with zero attached hydrogens (tertiary/aromatic N) is 2. The fourth-order valence-corrected chi connectivity index (χ4v) is 2.50. The summed E-state index contributed by atoms with van der Waals surface area (Å²) in [6.45, 7) is 7.07. The fraction of sp³-hybridized carbons (Fsp3) is 0.462. The summed E-state index contributed by atoms with van der Waals surface area (Å²) in [4.78, 5) is 0. The maximum absolute atomic E-state index is 5.22. The van der Waals surface area contributed by atoms with Gasteiger partial charge >= 0.3 is 0 Å². The molecule has 17 heavy (non-hydrogen) atoms. The van der Waals surface area contributed by atoms with Crippen LogP contribution in [-0.2, 0) is 19.5 Å². The largest absolute Gasteiger partial charge is 0.361 e. The highest BCUT2D eigenvalue weighted by Gasteiger charge is 2.15. The highest BCUT2D eigenvalue weighted by atomic mass is 16.5. The number of aryl methyl sites for hydroxylation is 2. The number of rotatable bonds is 2. The molecule has 0 aromatic carbocycles. The van der Waals surface area contributed by atoms with Crippen LogP contribution in [0.25, 0.3) is 0 Å². The smallest absolute Gasteiger partial charge is 0.137 e. The molecule has 0 amide bonds. The van der Waals surface area contributed by atoms with Crippen LogP contribution in [0.3, 0.4) is 0 Å². The van der Waals surface area contributed by atoms with E-state index in [4.69, 9.17) is 4.52 Å². The van der Waals surface area contributed by atoms with E-state index < -0.39 is 0 Å². The second-order valence-corrected chi connectivity index (χ2v) is 4.62. The number of nitrogens with one attached hydrogen (secondary N) is 1. The predicted octanol–water partition coefficient (Wildman–Crippen LogP) is 1.79. The second-order valence-electron chi connectivity index (χ2n) is 4.62. The van der Waals surface area contributed by atoms with Crippen LogP contribution in [0.4, 0.5) is 0 Å². The molecule has 3 heterocycles. The first-order valence-corrected chi connectivity index (χ1v) is 6.05. The zero-order chi connectivity index (χ0) is 11.8. The van der Waals surface area contributed by atoms with Gasteiger partial charge in [-0.15, -0.1) is 0 Å². The van der Waals surface area contributed by atoms with Crippen molar-refractivity contribution in [2.24, 2.45) is 0 Å². The van der Waals surface area contributed by atoms with Crippen molar-refractivity contribution in [2.45, 2.75) is 33.4 Å². The van der Waals surface area contributed by atoms with Gasteiger partial charge in [-0.3, -0.25) is 0 Å². The molecule has 1 aliphatic rings. The molecule has 0 spiro atoms. The van der Waals surface area contributed by atoms with Crippen LogP contribution in [0.2, 0.25) is 0 Å². The van der Waals surface area contributed by atoms with Crippen molar-refractivity contribution in [3.05, 3.63) is 40.5 Å². The molecule has 0 aliphatic carbocycles. The highest BCUT2D eigenvalue weighted by molar-refractivity contribution is 5.29. The molecule has 4 heteroatoms. The molecule has 2 aromatic heterocycles. The standard InChI is InChI=1S/C13H17N3O/c1-9-13(10(2)17-15-9)7-11-3-4-12-8-14-5-6-16(11)12/h3-4,14H,5-8H2,1-2H3. The fourth-order valence-electron chi connectivity index (χ4n) is 2.50. The van der Waals surface area contributed by atoms with E-state index in [0.29, 0.717) is 0 Å². The minimum absolute atomic E-state index is 0.918. The van der Waals surface area contributed by atoms with E-state index in [1.165, 1.54) is 17.0 Å². The summed E-state index contributed by atoms with van der Waals surface area (Å²) in [5.74, 6) is 0.937. The SMILES string of the molecule is Cc1noc(C)c1Cc1ccc2n1CCNC2. The topological polar surface area (TPSA) is 43.0 Å². The Morgan fingerprint density at radius 2 is 2.29 bits per heavy atom. The maximum Gasteiger partial charge on any atom is 0.137 e. The first-order valence-electron chi connectivity index (χ1n) is 6.05. The number of fused-ring (bicyclic) bond motifs is 1. The van der Waals surface area contributed by atoms with Crippen molar-refractivity contribution in [1.82, 2.24) is 15.0 Å². The molecule has 1 aliphatic heterocycles. The van der Waals surface area contributed by atoms with Crippen molar-refractivity contribution >= 4 is 0 Å². The predicted molar refractivity (Wildman–Crippen MR) is 64.9 cm³/mol. The Balaban J connectivity index is 1.93. The summed E-state index contributed by atoms with van der Waals surface area (Å²) in [5, 5.41) is 7.40. The molecular weight excluding hydrogens is 214 g/mol. The van der Waals surface area contributed by atoms with Crippen LogP contribution in [0, 0.1) is 13.8 Å². The number of hydrogen-bond acceptors (Lipinski definition) is 3. The summed E-state index contributed by atoms with van der Waals surface area (Å²) < 4.78 is 7.62. The average Bonchev–Trinajstić information content (AvgIpc) is 2.88. The van der Waals surface area contributed by atoms with Gasteiger partial charge in [0.25, 0.3) is 0 Å². The van der Waals surface area contributed by atoms with E-state index in [1.54, 1.807) is 0 Å². The molecule has 2 aromatic rings. The molecular formula is C13H17N3O. The zero-order valence-corrected chi connectivity index (χ0v) is 10.3. The molecule has 90 valence electrons. The lowest BCUT2D eigenvalue weighted by molar-refractivity contribution is 0.392. The van der Waals surface area contributed by atoms with Gasteiger partial charge < -0.3 is 14.4 Å². The number of aromatic nitrogens is 2. The van der Waals surface area contributed by atoms with E-state index >= 15 is 0 Å². The third-order valence-corrected chi connectivity index (χ3v) is 3.52. The first-order chi connectivity index (χ1) is 8.25. The highest BCUT2D eigenvalue weighted by Crippen LogP contribution is 2.20. The molecule has 1 N–H and O–H groups in total. The van der Waals surface area contributed by atoms with Crippen LogP contribution in [0.1, 0.15) is 28.4 Å². The quantitative estimate of drug-likeness (QED) is 0.856. The lowest BCUT2D eigenvalue weighted by Crippen LogP contribution is -2.28. The third kappa shape index (κ3) is 1.78. The monoisotopic (exact) mass is 231 g/mol. The molecule has 0 saturated carbocycles. The van der Waals surface area contributed by atoms with Gasteiger partial charge in [0.2, 0.25) is 0 Å². The first kappa shape index (κ1) is 10.6. The Morgan fingerprint density at radius 3 is 3.06 bits per heavy atom. The Hall–Kier alpha value is -1.55. The Morgan fingerprint density at radius 1 is 1.41 bits per heavy atom. The van der Waals surface area contributed by atoms with Crippen molar-refractivity contribution in [3.8, 4) is 0 Å². The van der Waals surface area contributed by atoms with Crippen molar-refractivity contribution in [2.75, 3.05) is 6.54 Å². The van der Waals surface area contributed by atoms with E-state index in [2.05, 4.69) is 27.2 Å². The number of hydrogen-bond donors (Lipinski definition) is 1. The minimum Gasteiger partial charge on any atom is -0.361 e. The van der Waals surface area contributed by atoms with E-state index in [9.17, 15) is 0 Å². The van der Waals surface area contributed by atoms with E-state index in [0.717, 1.165) is 37.5 Å². The average molecular weight is 231 g/mol. The Bertz CT molecular complexity index is 519. The van der Waals surface area contributed by atoms with Crippen molar-refractivity contribution in [1.29, 1.82) is 0 Å². The van der Waals surface area contributed by atoms with Crippen LogP contribution in [0.5, 0.6) is 0 Å². The molecule has 0 fully saturated rings. The van der Waals surface area contributed by atoms with E-state index in [-0.39, 0.29) is 0 Å². The summed E-state index contributed by atoms with van der Waals surface area (Å²) in [5.41, 5.74) is 4.96. The van der Waals surface area contributed by atoms with Gasteiger partial charge in [0.15, 0.2) is 0 Å². The lowest BCUT2D eigenvalue weighted by Gasteiger charge is -2.19. The molecule has 0 atom stereocenters. The minimum atomic E-state index is 0.918. The van der Waals surface area contributed by atoms with Gasteiger partial charge in [-0.25, -0.2) is 0 Å². The van der Waals surface area contributed by atoms with Gasteiger partial charge in [0.05, 0.1) is 5.69 Å². The van der Waals surface area contributed by atoms with Gasteiger partial charge in [-0.05, 0) is 26.0 Å². The van der Waals surface area contributed by atoms with Crippen molar-refractivity contribution in [3.63, 3.8) is 0 Å². The summed E-state index contributed by atoms with van der Waals surface area (Å²) in [6.07, 6.45) is 0.918. The van der Waals surface area contributed by atoms with E-state index in [1.807, 2.05) is 13.8 Å². The van der Waals surface area contributed by atoms with Crippen LogP contribution >= 0.6 is 0 Å².